The molecule has 6 heteroatoms. The Kier molecular flexibility index (Phi) is 4.06. The lowest BCUT2D eigenvalue weighted by Gasteiger charge is -2.14. The number of rotatable bonds is 5. The monoisotopic (exact) mass is 300 g/mol. The second-order valence-corrected chi connectivity index (χ2v) is 5.77. The van der Waals surface area contributed by atoms with Gasteiger partial charge in [0.25, 0.3) is 0 Å². The van der Waals surface area contributed by atoms with Crippen LogP contribution >= 0.6 is 11.8 Å². The highest BCUT2D eigenvalue weighted by Crippen LogP contribution is 2.25. The van der Waals surface area contributed by atoms with Crippen LogP contribution in [0.3, 0.4) is 0 Å². The van der Waals surface area contributed by atoms with Crippen LogP contribution in [0.4, 0.5) is 0 Å². The summed E-state index contributed by atoms with van der Waals surface area (Å²) >= 11 is 1.63. The van der Waals surface area contributed by atoms with E-state index in [1.54, 1.807) is 24.2 Å². The second kappa shape index (κ2) is 6.13. The van der Waals surface area contributed by atoms with Gasteiger partial charge in [0.05, 0.1) is 17.9 Å². The number of thioether (sulfide) groups is 1. The fourth-order valence-corrected chi connectivity index (χ4v) is 2.66. The smallest absolute Gasteiger partial charge is 0.187 e. The van der Waals surface area contributed by atoms with Crippen molar-refractivity contribution in [1.29, 1.82) is 0 Å². The Labute approximate surface area is 127 Å². The average molecular weight is 300 g/mol. The molecule has 0 spiro atoms. The first-order valence-corrected chi connectivity index (χ1v) is 7.79. The van der Waals surface area contributed by atoms with Crippen molar-refractivity contribution in [3.8, 4) is 11.4 Å². The highest BCUT2D eigenvalue weighted by molar-refractivity contribution is 7.99. The van der Waals surface area contributed by atoms with Crippen molar-refractivity contribution < 1.29 is 4.42 Å². The summed E-state index contributed by atoms with van der Waals surface area (Å²) in [6.07, 6.45) is 9.04. The van der Waals surface area contributed by atoms with Gasteiger partial charge in [0.15, 0.2) is 5.16 Å². The summed E-state index contributed by atoms with van der Waals surface area (Å²) < 4.78 is 7.54. The largest absolute Gasteiger partial charge is 0.467 e. The predicted octanol–water partition coefficient (Wildman–Crippen LogP) is 3.65. The van der Waals surface area contributed by atoms with Gasteiger partial charge in [0, 0.05) is 24.8 Å². The topological polar surface area (TPSA) is 56.7 Å². The molecular formula is C15H16N4OS. The third kappa shape index (κ3) is 2.85. The van der Waals surface area contributed by atoms with Crippen LogP contribution in [0.5, 0.6) is 0 Å². The lowest BCUT2D eigenvalue weighted by Crippen LogP contribution is -2.07. The van der Waals surface area contributed by atoms with E-state index in [9.17, 15) is 0 Å². The molecule has 0 aliphatic rings. The standard InChI is InChI=1S/C15H16N4OS/c1-3-21-15-17-9-12(10-18-15)14-16-6-7-19(14)11(2)13-5-4-8-20-13/h4-11H,3H2,1-2H3. The number of furan rings is 1. The van der Waals surface area contributed by atoms with Gasteiger partial charge in [0.2, 0.25) is 0 Å². The normalized spacial score (nSPS) is 12.5. The summed E-state index contributed by atoms with van der Waals surface area (Å²) in [5.41, 5.74) is 0.902. The third-order valence-electron chi connectivity index (χ3n) is 3.20. The van der Waals surface area contributed by atoms with E-state index in [-0.39, 0.29) is 6.04 Å². The maximum atomic E-state index is 5.48. The minimum Gasteiger partial charge on any atom is -0.467 e. The Bertz CT molecular complexity index is 691. The third-order valence-corrected chi connectivity index (χ3v) is 3.96. The van der Waals surface area contributed by atoms with Crippen LogP contribution < -0.4 is 0 Å². The average Bonchev–Trinajstić information content (AvgIpc) is 3.19. The van der Waals surface area contributed by atoms with E-state index in [4.69, 9.17) is 4.42 Å². The van der Waals surface area contributed by atoms with Gasteiger partial charge in [-0.2, -0.15) is 0 Å². The van der Waals surface area contributed by atoms with Crippen LogP contribution in [0, 0.1) is 0 Å². The van der Waals surface area contributed by atoms with E-state index >= 15 is 0 Å². The van der Waals surface area contributed by atoms with Crippen molar-refractivity contribution in [2.24, 2.45) is 0 Å². The van der Waals surface area contributed by atoms with E-state index in [0.717, 1.165) is 28.1 Å². The molecule has 0 N–H and O–H groups in total. The Morgan fingerprint density at radius 3 is 2.76 bits per heavy atom. The molecule has 3 heterocycles. The summed E-state index contributed by atoms with van der Waals surface area (Å²) in [6, 6.07) is 3.93. The minimum atomic E-state index is 0.0715. The first-order chi connectivity index (χ1) is 10.3. The van der Waals surface area contributed by atoms with E-state index in [1.165, 1.54) is 0 Å². The SMILES string of the molecule is CCSc1ncc(-c2nccn2C(C)c2ccco2)cn1. The van der Waals surface area contributed by atoms with Gasteiger partial charge in [-0.05, 0) is 24.8 Å². The molecule has 0 fully saturated rings. The molecule has 0 bridgehead atoms. The molecule has 108 valence electrons. The van der Waals surface area contributed by atoms with Crippen LogP contribution in [0.25, 0.3) is 11.4 Å². The molecule has 3 aromatic heterocycles. The molecule has 3 rings (SSSR count). The Balaban J connectivity index is 1.91. The maximum Gasteiger partial charge on any atom is 0.187 e. The zero-order valence-corrected chi connectivity index (χ0v) is 12.7. The van der Waals surface area contributed by atoms with Crippen molar-refractivity contribution in [3.05, 3.63) is 48.9 Å². The Morgan fingerprint density at radius 2 is 2.10 bits per heavy atom. The molecular weight excluding hydrogens is 284 g/mol. The van der Waals surface area contributed by atoms with E-state index in [1.807, 2.05) is 30.7 Å². The number of hydrogen-bond acceptors (Lipinski definition) is 5. The maximum absolute atomic E-state index is 5.48. The first-order valence-electron chi connectivity index (χ1n) is 6.81. The van der Waals surface area contributed by atoms with E-state index < -0.39 is 0 Å². The molecule has 5 nitrogen and oxygen atoms in total. The van der Waals surface area contributed by atoms with Gasteiger partial charge < -0.3 is 8.98 Å². The van der Waals surface area contributed by atoms with Gasteiger partial charge in [-0.1, -0.05) is 18.7 Å². The lowest BCUT2D eigenvalue weighted by molar-refractivity contribution is 0.448. The predicted molar refractivity (Wildman–Crippen MR) is 82.2 cm³/mol. The zero-order chi connectivity index (χ0) is 14.7. The minimum absolute atomic E-state index is 0.0715. The molecule has 1 unspecified atom stereocenters. The molecule has 0 radical (unpaired) electrons. The van der Waals surface area contributed by atoms with E-state index in [0.29, 0.717) is 0 Å². The van der Waals surface area contributed by atoms with Crippen molar-refractivity contribution in [3.63, 3.8) is 0 Å². The second-order valence-electron chi connectivity index (χ2n) is 4.54. The van der Waals surface area contributed by atoms with Gasteiger partial charge in [-0.15, -0.1) is 0 Å². The molecule has 3 aromatic rings. The number of hydrogen-bond donors (Lipinski definition) is 0. The number of aromatic nitrogens is 4. The molecule has 0 saturated carbocycles. The van der Waals surface area contributed by atoms with Crippen LogP contribution in [-0.4, -0.2) is 25.3 Å². The molecule has 0 aliphatic carbocycles. The molecule has 21 heavy (non-hydrogen) atoms. The lowest BCUT2D eigenvalue weighted by atomic mass is 10.2. The summed E-state index contributed by atoms with van der Waals surface area (Å²) in [4.78, 5) is 13.2. The summed E-state index contributed by atoms with van der Waals surface area (Å²) in [5, 5.41) is 0.790. The van der Waals surface area contributed by atoms with Crippen LogP contribution in [0.15, 0.2) is 52.8 Å². The van der Waals surface area contributed by atoms with Gasteiger partial charge in [-0.3, -0.25) is 0 Å². The van der Waals surface area contributed by atoms with Crippen LogP contribution in [0.2, 0.25) is 0 Å². The Hall–Kier alpha value is -2.08. The van der Waals surface area contributed by atoms with Crippen molar-refractivity contribution in [2.45, 2.75) is 25.0 Å². The van der Waals surface area contributed by atoms with E-state index in [2.05, 4.69) is 33.4 Å². The fraction of sp³-hybridized carbons (Fsp3) is 0.267. The first kappa shape index (κ1) is 13.9. The molecule has 1 atom stereocenters. The van der Waals surface area contributed by atoms with Crippen molar-refractivity contribution in [1.82, 2.24) is 19.5 Å². The fourth-order valence-electron chi connectivity index (χ4n) is 2.15. The molecule has 0 amide bonds. The highest BCUT2D eigenvalue weighted by atomic mass is 32.2. The van der Waals surface area contributed by atoms with Crippen LogP contribution in [-0.2, 0) is 0 Å². The van der Waals surface area contributed by atoms with Gasteiger partial charge in [0.1, 0.15) is 11.6 Å². The summed E-state index contributed by atoms with van der Waals surface area (Å²) in [5.74, 6) is 2.70. The molecule has 0 aliphatic heterocycles. The van der Waals surface area contributed by atoms with Gasteiger partial charge in [-0.25, -0.2) is 15.0 Å². The van der Waals surface area contributed by atoms with Gasteiger partial charge >= 0.3 is 0 Å². The highest BCUT2D eigenvalue weighted by Gasteiger charge is 2.16. The zero-order valence-electron chi connectivity index (χ0n) is 11.9. The Morgan fingerprint density at radius 1 is 1.29 bits per heavy atom. The summed E-state index contributed by atoms with van der Waals surface area (Å²) in [6.45, 7) is 4.16. The number of nitrogens with zero attached hydrogens (tertiary/aromatic N) is 4. The number of imidazole rings is 1. The van der Waals surface area contributed by atoms with Crippen molar-refractivity contribution in [2.75, 3.05) is 5.75 Å². The molecule has 0 saturated heterocycles. The quantitative estimate of drug-likeness (QED) is 0.531. The summed E-state index contributed by atoms with van der Waals surface area (Å²) in [7, 11) is 0. The molecule has 0 aromatic carbocycles. The van der Waals surface area contributed by atoms with Crippen LogP contribution in [0.1, 0.15) is 25.6 Å². The van der Waals surface area contributed by atoms with Crippen molar-refractivity contribution >= 4 is 11.8 Å².